The second-order valence-electron chi connectivity index (χ2n) is 7.14. The molecule has 0 saturated heterocycles. The summed E-state index contributed by atoms with van der Waals surface area (Å²) in [5.41, 5.74) is 7.90. The van der Waals surface area contributed by atoms with E-state index in [1.165, 1.54) is 16.7 Å². The Bertz CT molecular complexity index is 914. The van der Waals surface area contributed by atoms with E-state index in [0.717, 1.165) is 42.2 Å². The van der Waals surface area contributed by atoms with Gasteiger partial charge >= 0.3 is 0 Å². The van der Waals surface area contributed by atoms with Crippen molar-refractivity contribution < 1.29 is 0 Å². The monoisotopic (exact) mass is 365 g/mol. The average molecular weight is 366 g/mol. The number of hydrogen-bond acceptors (Lipinski definition) is 3. The summed E-state index contributed by atoms with van der Waals surface area (Å²) in [6.45, 7) is 5.47. The van der Waals surface area contributed by atoms with E-state index in [1.54, 1.807) is 0 Å². The number of rotatable bonds is 2. The summed E-state index contributed by atoms with van der Waals surface area (Å²) in [6.07, 6.45) is 4.36. The van der Waals surface area contributed by atoms with Crippen LogP contribution in [0.1, 0.15) is 31.4 Å². The van der Waals surface area contributed by atoms with Gasteiger partial charge < -0.3 is 5.32 Å². The number of aliphatic imine (C=N–C) groups is 1. The molecule has 26 heavy (non-hydrogen) atoms. The highest BCUT2D eigenvalue weighted by Crippen LogP contribution is 2.38. The van der Waals surface area contributed by atoms with Gasteiger partial charge in [0.2, 0.25) is 0 Å². The van der Waals surface area contributed by atoms with Crippen LogP contribution in [-0.2, 0) is 6.42 Å². The van der Waals surface area contributed by atoms with Gasteiger partial charge in [0.25, 0.3) is 0 Å². The van der Waals surface area contributed by atoms with E-state index in [2.05, 4.69) is 55.4 Å². The maximum Gasteiger partial charge on any atom is 0.0886 e. The van der Waals surface area contributed by atoms with Gasteiger partial charge in [-0.15, -0.1) is 0 Å². The van der Waals surface area contributed by atoms with Gasteiger partial charge in [0.1, 0.15) is 0 Å². The number of fused-ring (bicyclic) bond motifs is 2. The molecule has 0 aromatic heterocycles. The van der Waals surface area contributed by atoms with Crippen molar-refractivity contribution in [3.63, 3.8) is 0 Å². The smallest absolute Gasteiger partial charge is 0.0886 e. The minimum atomic E-state index is 0.411. The first-order chi connectivity index (χ1) is 12.5. The zero-order valence-electron chi connectivity index (χ0n) is 15.5. The average Bonchev–Trinajstić information content (AvgIpc) is 2.80. The van der Waals surface area contributed by atoms with Gasteiger partial charge in [-0.2, -0.15) is 0 Å². The van der Waals surface area contributed by atoms with E-state index in [-0.39, 0.29) is 0 Å². The molecule has 134 valence electrons. The SMILES string of the molecule is CCc1ccc2c(c1)C(C1=C[C@H](C)N(C)CC1)=Nc1cc(Cl)ccc1N2. The molecule has 3 nitrogen and oxygen atoms in total. The fourth-order valence-electron chi connectivity index (χ4n) is 3.59. The maximum atomic E-state index is 6.25. The number of nitrogens with zero attached hydrogens (tertiary/aromatic N) is 2. The topological polar surface area (TPSA) is 27.6 Å². The lowest BCUT2D eigenvalue weighted by Crippen LogP contribution is -2.33. The molecule has 2 aliphatic rings. The molecule has 4 rings (SSSR count). The van der Waals surface area contributed by atoms with E-state index in [4.69, 9.17) is 16.6 Å². The third-order valence-electron chi connectivity index (χ3n) is 5.38. The predicted molar refractivity (Wildman–Crippen MR) is 112 cm³/mol. The third kappa shape index (κ3) is 3.17. The lowest BCUT2D eigenvalue weighted by molar-refractivity contribution is 0.288. The highest BCUT2D eigenvalue weighted by molar-refractivity contribution is 6.31. The lowest BCUT2D eigenvalue weighted by Gasteiger charge is -2.29. The third-order valence-corrected chi connectivity index (χ3v) is 5.62. The Labute approximate surface area is 160 Å². The Kier molecular flexibility index (Phi) is 4.60. The summed E-state index contributed by atoms with van der Waals surface area (Å²) < 4.78 is 0. The van der Waals surface area contributed by atoms with Gasteiger partial charge in [-0.1, -0.05) is 30.7 Å². The maximum absolute atomic E-state index is 6.25. The standard InChI is InChI=1S/C22H24ClN3/c1-4-15-5-7-19-18(12-15)22(16-9-10-26(3)14(2)11-16)25-21-13-17(23)6-8-20(21)24-19/h5-8,11-14,24H,4,9-10H2,1-3H3/t14-/m0/s1. The second kappa shape index (κ2) is 6.90. The van der Waals surface area contributed by atoms with Crippen LogP contribution in [0.4, 0.5) is 17.1 Å². The number of aryl methyl sites for hydroxylation is 1. The number of benzene rings is 2. The zero-order valence-corrected chi connectivity index (χ0v) is 16.3. The fraction of sp³-hybridized carbons (Fsp3) is 0.318. The minimum Gasteiger partial charge on any atom is -0.353 e. The number of nitrogens with one attached hydrogen (secondary N) is 1. The van der Waals surface area contributed by atoms with Gasteiger partial charge in [0.15, 0.2) is 0 Å². The van der Waals surface area contributed by atoms with Crippen molar-refractivity contribution in [2.75, 3.05) is 18.9 Å². The Balaban J connectivity index is 1.92. The Morgan fingerprint density at radius 2 is 2.00 bits per heavy atom. The van der Waals surface area contributed by atoms with Crippen LogP contribution in [0.5, 0.6) is 0 Å². The first-order valence-corrected chi connectivity index (χ1v) is 9.63. The van der Waals surface area contributed by atoms with E-state index >= 15 is 0 Å². The van der Waals surface area contributed by atoms with Crippen LogP contribution < -0.4 is 5.32 Å². The summed E-state index contributed by atoms with van der Waals surface area (Å²) in [5, 5.41) is 4.27. The van der Waals surface area contributed by atoms with Crippen LogP contribution in [0, 0.1) is 0 Å². The highest BCUT2D eigenvalue weighted by Gasteiger charge is 2.23. The highest BCUT2D eigenvalue weighted by atomic mass is 35.5. The Morgan fingerprint density at radius 3 is 2.77 bits per heavy atom. The molecule has 0 fully saturated rings. The van der Waals surface area contributed by atoms with Gasteiger partial charge in [0.05, 0.1) is 17.1 Å². The molecular formula is C22H24ClN3. The van der Waals surface area contributed by atoms with E-state index in [9.17, 15) is 0 Å². The number of halogens is 1. The molecule has 0 amide bonds. The molecule has 4 heteroatoms. The molecule has 0 aliphatic carbocycles. The normalized spacial score (nSPS) is 19.6. The summed E-state index contributed by atoms with van der Waals surface area (Å²) in [4.78, 5) is 7.45. The summed E-state index contributed by atoms with van der Waals surface area (Å²) in [7, 11) is 2.17. The van der Waals surface area contributed by atoms with Crippen molar-refractivity contribution in [2.24, 2.45) is 4.99 Å². The van der Waals surface area contributed by atoms with Gasteiger partial charge in [0, 0.05) is 28.9 Å². The quantitative estimate of drug-likeness (QED) is 0.735. The molecule has 2 aromatic carbocycles. The van der Waals surface area contributed by atoms with Gasteiger partial charge in [-0.3, -0.25) is 4.90 Å². The van der Waals surface area contributed by atoms with Crippen LogP contribution in [0.2, 0.25) is 5.02 Å². The van der Waals surface area contributed by atoms with Crippen LogP contribution in [0.15, 0.2) is 53.0 Å². The molecule has 0 saturated carbocycles. The van der Waals surface area contributed by atoms with Gasteiger partial charge in [-0.25, -0.2) is 4.99 Å². The molecule has 2 aliphatic heterocycles. The van der Waals surface area contributed by atoms with E-state index in [1.807, 2.05) is 18.2 Å². The van der Waals surface area contributed by atoms with Crippen molar-refractivity contribution in [2.45, 2.75) is 32.7 Å². The molecule has 0 bridgehead atoms. The molecule has 0 radical (unpaired) electrons. The van der Waals surface area contributed by atoms with Crippen molar-refractivity contribution in [1.29, 1.82) is 0 Å². The van der Waals surface area contributed by atoms with Gasteiger partial charge in [-0.05, 0) is 68.3 Å². The van der Waals surface area contributed by atoms with Crippen molar-refractivity contribution in [3.8, 4) is 0 Å². The van der Waals surface area contributed by atoms with Crippen LogP contribution >= 0.6 is 11.6 Å². The number of anilines is 2. The molecule has 1 N–H and O–H groups in total. The van der Waals surface area contributed by atoms with Crippen LogP contribution in [0.3, 0.4) is 0 Å². The van der Waals surface area contributed by atoms with E-state index in [0.29, 0.717) is 11.1 Å². The Morgan fingerprint density at radius 1 is 1.19 bits per heavy atom. The first-order valence-electron chi connectivity index (χ1n) is 9.25. The summed E-state index contributed by atoms with van der Waals surface area (Å²) in [6, 6.07) is 12.9. The van der Waals surface area contributed by atoms with Crippen molar-refractivity contribution in [3.05, 3.63) is 64.2 Å². The molecule has 2 heterocycles. The Hall–Kier alpha value is -2.10. The summed E-state index contributed by atoms with van der Waals surface area (Å²) in [5.74, 6) is 0. The molecule has 0 unspecified atom stereocenters. The summed E-state index contributed by atoms with van der Waals surface area (Å²) >= 11 is 6.25. The van der Waals surface area contributed by atoms with Crippen LogP contribution in [-0.4, -0.2) is 30.2 Å². The lowest BCUT2D eigenvalue weighted by atomic mass is 9.92. The van der Waals surface area contributed by atoms with Crippen LogP contribution in [0.25, 0.3) is 0 Å². The first kappa shape index (κ1) is 17.3. The predicted octanol–water partition coefficient (Wildman–Crippen LogP) is 5.73. The number of likely N-dealkylation sites (N-methyl/N-ethyl adjacent to an activating group) is 1. The molecule has 1 atom stereocenters. The molecule has 0 spiro atoms. The minimum absolute atomic E-state index is 0.411. The fourth-order valence-corrected chi connectivity index (χ4v) is 3.76. The van der Waals surface area contributed by atoms with Crippen molar-refractivity contribution in [1.82, 2.24) is 4.90 Å². The molecule has 2 aromatic rings. The molecular weight excluding hydrogens is 342 g/mol. The van der Waals surface area contributed by atoms with Crippen molar-refractivity contribution >= 4 is 34.4 Å². The zero-order chi connectivity index (χ0) is 18.3. The largest absolute Gasteiger partial charge is 0.353 e. The second-order valence-corrected chi connectivity index (χ2v) is 7.58. The van der Waals surface area contributed by atoms with E-state index < -0.39 is 0 Å². The number of hydrogen-bond donors (Lipinski definition) is 1.